The molecule has 7 rings (SSSR count). The van der Waals surface area contributed by atoms with Gasteiger partial charge in [0.1, 0.15) is 11.5 Å². The Kier molecular flexibility index (Phi) is 6.95. The zero-order valence-corrected chi connectivity index (χ0v) is 23.4. The van der Waals surface area contributed by atoms with Crippen LogP contribution in [0.2, 0.25) is 0 Å². The first-order chi connectivity index (χ1) is 19.8. The maximum atomic E-state index is 6.45. The molecule has 5 aromatic carbocycles. The van der Waals surface area contributed by atoms with E-state index in [1.165, 1.54) is 24.5 Å². The molecule has 0 aromatic heterocycles. The molecule has 1 heterocycles. The molecule has 194 valence electrons. The molecule has 2 nitrogen and oxygen atoms in total. The van der Waals surface area contributed by atoms with Gasteiger partial charge in [-0.1, -0.05) is 66.7 Å². The molecule has 2 aliphatic rings. The van der Waals surface area contributed by atoms with Gasteiger partial charge in [-0.15, -0.1) is 0 Å². The second-order valence-electron chi connectivity index (χ2n) is 9.58. The van der Waals surface area contributed by atoms with Crippen LogP contribution in [-0.4, -0.2) is 11.4 Å². The highest BCUT2D eigenvalue weighted by atomic mass is 32.2. The molecule has 3 unspecified atom stereocenters. The van der Waals surface area contributed by atoms with Crippen molar-refractivity contribution in [3.8, 4) is 11.5 Å². The second-order valence-corrected chi connectivity index (χ2v) is 13.7. The van der Waals surface area contributed by atoms with Crippen LogP contribution in [0.15, 0.2) is 188 Å². The van der Waals surface area contributed by atoms with Gasteiger partial charge < -0.3 is 9.47 Å². The van der Waals surface area contributed by atoms with Crippen LogP contribution in [0, 0.1) is 0 Å². The van der Waals surface area contributed by atoms with Crippen LogP contribution >= 0.6 is 0 Å². The van der Waals surface area contributed by atoms with Crippen molar-refractivity contribution in [1.29, 1.82) is 0 Å². The van der Waals surface area contributed by atoms with Gasteiger partial charge in [-0.3, -0.25) is 0 Å². The zero-order chi connectivity index (χ0) is 26.7. The highest BCUT2D eigenvalue weighted by Crippen LogP contribution is 2.43. The average Bonchev–Trinajstić information content (AvgIpc) is 3.02. The summed E-state index contributed by atoms with van der Waals surface area (Å²) in [6, 6.07) is 49.2. The zero-order valence-electron chi connectivity index (χ0n) is 21.8. The van der Waals surface area contributed by atoms with Crippen LogP contribution in [-0.2, 0) is 21.8 Å². The maximum absolute atomic E-state index is 6.45. The van der Waals surface area contributed by atoms with E-state index in [4.69, 9.17) is 9.47 Å². The molecule has 40 heavy (non-hydrogen) atoms. The fourth-order valence-electron chi connectivity index (χ4n) is 5.16. The van der Waals surface area contributed by atoms with E-state index in [1.807, 2.05) is 12.1 Å². The molecule has 0 N–H and O–H groups in total. The molecule has 0 spiro atoms. The number of para-hydroxylation sites is 1. The lowest BCUT2D eigenvalue weighted by molar-refractivity contribution is 0.238. The van der Waals surface area contributed by atoms with Gasteiger partial charge in [0.15, 0.2) is 36.7 Å². The molecule has 1 aliphatic heterocycles. The molecule has 0 bridgehead atoms. The van der Waals surface area contributed by atoms with Gasteiger partial charge in [0.25, 0.3) is 0 Å². The topological polar surface area (TPSA) is 18.5 Å². The molecule has 0 fully saturated rings. The molecule has 4 heteroatoms. The minimum absolute atomic E-state index is 0.0214. The van der Waals surface area contributed by atoms with Crippen molar-refractivity contribution in [2.45, 2.75) is 35.8 Å². The first kappa shape index (κ1) is 24.9. The monoisotopic (exact) mass is 556 g/mol. The quantitative estimate of drug-likeness (QED) is 0.195. The average molecular weight is 557 g/mol. The molecule has 3 atom stereocenters. The minimum Gasteiger partial charge on any atom is -0.475 e. The Labute approximate surface area is 241 Å². The third-order valence-corrected chi connectivity index (χ3v) is 11.7. The molecule has 1 aliphatic carbocycles. The van der Waals surface area contributed by atoms with E-state index in [2.05, 4.69) is 146 Å². The van der Waals surface area contributed by atoms with E-state index >= 15 is 0 Å². The maximum Gasteiger partial charge on any atom is 0.203 e. The fraction of sp³-hybridized carbons (Fsp3) is 0.0556. The van der Waals surface area contributed by atoms with E-state index in [0.717, 1.165) is 17.3 Å². The van der Waals surface area contributed by atoms with Crippen molar-refractivity contribution in [3.05, 3.63) is 164 Å². The van der Waals surface area contributed by atoms with E-state index < -0.39 is 0 Å². The van der Waals surface area contributed by atoms with Crippen LogP contribution in [0.25, 0.3) is 0 Å². The van der Waals surface area contributed by atoms with Crippen LogP contribution in [0.3, 0.4) is 0 Å². The molecule has 0 saturated heterocycles. The van der Waals surface area contributed by atoms with E-state index in [0.29, 0.717) is 0 Å². The summed E-state index contributed by atoms with van der Waals surface area (Å²) in [6.45, 7) is 0. The number of allylic oxidation sites excluding steroid dienone is 1. The van der Waals surface area contributed by atoms with Crippen LogP contribution in [0.1, 0.15) is 0 Å². The Hall–Kier alpha value is -4.12. The summed E-state index contributed by atoms with van der Waals surface area (Å²) in [5.74, 6) is 2.66. The summed E-state index contributed by atoms with van der Waals surface area (Å²) in [7, 11) is -0.344. The predicted molar refractivity (Wildman–Crippen MR) is 164 cm³/mol. The van der Waals surface area contributed by atoms with Crippen molar-refractivity contribution in [1.82, 2.24) is 0 Å². The summed E-state index contributed by atoms with van der Waals surface area (Å²) < 4.78 is 12.9. The van der Waals surface area contributed by atoms with Gasteiger partial charge >= 0.3 is 0 Å². The summed E-state index contributed by atoms with van der Waals surface area (Å²) in [5.41, 5.74) is 0. The number of hydrogen-bond donors (Lipinski definition) is 0. The summed E-state index contributed by atoms with van der Waals surface area (Å²) in [4.78, 5) is 6.44. The van der Waals surface area contributed by atoms with Crippen LogP contribution < -0.4 is 9.47 Å². The highest BCUT2D eigenvalue weighted by molar-refractivity contribution is 7.98. The van der Waals surface area contributed by atoms with Crippen LogP contribution in [0.4, 0.5) is 0 Å². The Balaban J connectivity index is 1.17. The smallest absolute Gasteiger partial charge is 0.203 e. The summed E-state index contributed by atoms with van der Waals surface area (Å²) in [6.07, 6.45) is 6.43. The Bertz CT molecular complexity index is 1610. The van der Waals surface area contributed by atoms with Crippen molar-refractivity contribution in [3.63, 3.8) is 0 Å². The first-order valence-corrected chi connectivity index (χ1v) is 15.9. The number of benzene rings is 5. The van der Waals surface area contributed by atoms with Crippen molar-refractivity contribution in [2.75, 3.05) is 0 Å². The van der Waals surface area contributed by atoms with E-state index in [9.17, 15) is 0 Å². The molecule has 0 amide bonds. The van der Waals surface area contributed by atoms with Crippen molar-refractivity contribution in [2.24, 2.45) is 0 Å². The van der Waals surface area contributed by atoms with Gasteiger partial charge in [0.05, 0.1) is 21.8 Å². The second kappa shape index (κ2) is 11.2. The number of fused-ring (bicyclic) bond motifs is 2. The molecule has 0 saturated carbocycles. The molecule has 0 radical (unpaired) electrons. The van der Waals surface area contributed by atoms with Gasteiger partial charge in [0.2, 0.25) is 4.90 Å². The third-order valence-electron chi connectivity index (χ3n) is 6.97. The molecule has 5 aromatic rings. The Morgan fingerprint density at radius 2 is 1.18 bits per heavy atom. The van der Waals surface area contributed by atoms with Crippen molar-refractivity contribution < 1.29 is 9.47 Å². The van der Waals surface area contributed by atoms with Crippen molar-refractivity contribution >= 4 is 21.8 Å². The van der Waals surface area contributed by atoms with E-state index in [-0.39, 0.29) is 33.1 Å². The largest absolute Gasteiger partial charge is 0.475 e. The lowest BCUT2D eigenvalue weighted by Crippen LogP contribution is -2.41. The molecular weight excluding hydrogens is 529 g/mol. The summed E-state index contributed by atoms with van der Waals surface area (Å²) in [5, 5.41) is 0.165. The normalized spacial score (nSPS) is 19.2. The first-order valence-electron chi connectivity index (χ1n) is 13.4. The molecular formula is C36H28O2S2+2. The van der Waals surface area contributed by atoms with Crippen LogP contribution in [0.5, 0.6) is 11.5 Å². The van der Waals surface area contributed by atoms with E-state index in [1.54, 1.807) is 0 Å². The Morgan fingerprint density at radius 1 is 0.600 bits per heavy atom. The fourth-order valence-corrected chi connectivity index (χ4v) is 9.80. The van der Waals surface area contributed by atoms with Gasteiger partial charge in [0, 0.05) is 6.08 Å². The standard InChI is InChI=1S/C36H28O2S2/c1-4-12-29(13-5-1)39(30-14-6-2-7-15-30)32-23-20-27(21-24-32)37-28-22-25-34-36(26-28)40(31-16-8-3-9-17-31)35-19-11-10-18-33(35)38-34/h1-26,34,36H/q+2. The SMILES string of the molecule is C1=CC2Oc3ccccc3[S+](c3ccccc3)C2C=C1Oc1ccc([S+](c2ccccc2)c2ccccc2)cc1. The minimum atomic E-state index is -0.182. The summed E-state index contributed by atoms with van der Waals surface area (Å²) >= 11 is 0. The number of ether oxygens (including phenoxy) is 2. The third kappa shape index (κ3) is 4.97. The Morgan fingerprint density at radius 3 is 1.85 bits per heavy atom. The highest BCUT2D eigenvalue weighted by Gasteiger charge is 2.47. The van der Waals surface area contributed by atoms with Gasteiger partial charge in [-0.2, -0.15) is 0 Å². The number of hydrogen-bond acceptors (Lipinski definition) is 2. The lowest BCUT2D eigenvalue weighted by Gasteiger charge is -2.31. The number of rotatable bonds is 6. The van der Waals surface area contributed by atoms with Gasteiger partial charge in [-0.05, 0) is 84.9 Å². The lowest BCUT2D eigenvalue weighted by atomic mass is 10.1. The van der Waals surface area contributed by atoms with Gasteiger partial charge in [-0.25, -0.2) is 0 Å². The predicted octanol–water partition coefficient (Wildman–Crippen LogP) is 8.48.